The molecule has 0 N–H and O–H groups in total. The maximum atomic E-state index is 5.85. The fourth-order valence-electron chi connectivity index (χ4n) is 2.65. The largest absolute Gasteiger partial charge is 0.244 e. The Bertz CT molecular complexity index is 547. The number of benzene rings is 1. The fraction of sp³-hybridized carbons (Fsp3) is 0.400. The summed E-state index contributed by atoms with van der Waals surface area (Å²) in [4.78, 5) is 5.82. The van der Waals surface area contributed by atoms with Crippen LogP contribution in [0.4, 0.5) is 0 Å². The molecule has 1 aliphatic rings. The third-order valence-electron chi connectivity index (χ3n) is 3.58. The van der Waals surface area contributed by atoms with Crippen LogP contribution in [0.5, 0.6) is 0 Å². The lowest BCUT2D eigenvalue weighted by molar-refractivity contribution is 0.686. The second-order valence-corrected chi connectivity index (χ2v) is 6.07. The van der Waals surface area contributed by atoms with E-state index in [0.717, 1.165) is 12.1 Å². The molecular weight excluding hydrogens is 262 g/mol. The van der Waals surface area contributed by atoms with Crippen LogP contribution in [0.25, 0.3) is 11.3 Å². The zero-order chi connectivity index (χ0) is 12.4. The van der Waals surface area contributed by atoms with Crippen molar-refractivity contribution in [2.24, 2.45) is 0 Å². The summed E-state index contributed by atoms with van der Waals surface area (Å²) in [6.45, 7) is 0. The van der Waals surface area contributed by atoms with Crippen LogP contribution in [0, 0.1) is 0 Å². The topological polar surface area (TPSA) is 12.9 Å². The number of halogens is 1. The highest BCUT2D eigenvalue weighted by molar-refractivity contribution is 7.10. The number of aromatic nitrogens is 1. The van der Waals surface area contributed by atoms with Gasteiger partial charge in [-0.2, -0.15) is 0 Å². The molecule has 1 nitrogen and oxygen atoms in total. The minimum Gasteiger partial charge on any atom is -0.244 e. The Labute approximate surface area is 117 Å². The number of rotatable bonds is 3. The molecule has 3 heteroatoms. The molecule has 1 aliphatic carbocycles. The van der Waals surface area contributed by atoms with E-state index in [1.807, 2.05) is 5.51 Å². The Morgan fingerprint density at radius 1 is 1.17 bits per heavy atom. The molecule has 1 heterocycles. The van der Waals surface area contributed by atoms with E-state index in [2.05, 4.69) is 23.2 Å². The molecule has 0 saturated heterocycles. The molecule has 2 aromatic rings. The van der Waals surface area contributed by atoms with Gasteiger partial charge in [0.15, 0.2) is 0 Å². The number of aryl methyl sites for hydroxylation is 3. The average molecular weight is 278 g/mol. The predicted molar refractivity (Wildman–Crippen MR) is 78.6 cm³/mol. The minimum atomic E-state index is 0.667. The second kappa shape index (κ2) is 5.41. The van der Waals surface area contributed by atoms with Crippen molar-refractivity contribution in [1.29, 1.82) is 0 Å². The molecule has 0 bridgehead atoms. The predicted octanol–water partition coefficient (Wildman–Crippen LogP) is 4.47. The summed E-state index contributed by atoms with van der Waals surface area (Å²) in [6, 6.07) is 6.84. The fourth-order valence-corrected chi connectivity index (χ4v) is 3.74. The highest BCUT2D eigenvalue weighted by atomic mass is 35.5. The van der Waals surface area contributed by atoms with E-state index in [1.165, 1.54) is 47.3 Å². The highest BCUT2D eigenvalue weighted by Crippen LogP contribution is 2.30. The van der Waals surface area contributed by atoms with Crippen molar-refractivity contribution < 1.29 is 0 Å². The van der Waals surface area contributed by atoms with Crippen molar-refractivity contribution >= 4 is 22.9 Å². The smallest absolute Gasteiger partial charge is 0.0843 e. The average Bonchev–Trinajstić information content (AvgIpc) is 2.87. The summed E-state index contributed by atoms with van der Waals surface area (Å²) in [7, 11) is 0. The zero-order valence-electron chi connectivity index (χ0n) is 10.3. The Kier molecular flexibility index (Phi) is 3.67. The first-order chi connectivity index (χ1) is 8.88. The summed E-state index contributed by atoms with van der Waals surface area (Å²) in [5.41, 5.74) is 7.37. The van der Waals surface area contributed by atoms with Gasteiger partial charge in [0.25, 0.3) is 0 Å². The first kappa shape index (κ1) is 12.2. The first-order valence-corrected chi connectivity index (χ1v) is 7.90. The van der Waals surface area contributed by atoms with Crippen molar-refractivity contribution in [1.82, 2.24) is 4.98 Å². The molecule has 0 atom stereocenters. The minimum absolute atomic E-state index is 0.667. The first-order valence-electron chi connectivity index (χ1n) is 6.49. The molecule has 1 aromatic heterocycles. The van der Waals surface area contributed by atoms with Crippen LogP contribution >= 0.6 is 22.9 Å². The molecule has 3 rings (SSSR count). The maximum absolute atomic E-state index is 5.85. The Morgan fingerprint density at radius 2 is 2.00 bits per heavy atom. The number of hydrogen-bond donors (Lipinski definition) is 0. The van der Waals surface area contributed by atoms with Gasteiger partial charge < -0.3 is 0 Å². The van der Waals surface area contributed by atoms with E-state index in [0.29, 0.717) is 5.88 Å². The van der Waals surface area contributed by atoms with Crippen LogP contribution in [0.15, 0.2) is 23.7 Å². The summed E-state index contributed by atoms with van der Waals surface area (Å²) in [6.07, 6.45) is 6.03. The number of hydrogen-bond acceptors (Lipinski definition) is 2. The van der Waals surface area contributed by atoms with E-state index in [-0.39, 0.29) is 0 Å². The van der Waals surface area contributed by atoms with Crippen molar-refractivity contribution in [3.05, 3.63) is 39.7 Å². The normalized spacial score (nSPS) is 14.5. The molecule has 0 unspecified atom stereocenters. The number of fused-ring (bicyclic) bond motifs is 1. The van der Waals surface area contributed by atoms with Crippen molar-refractivity contribution in [2.75, 3.05) is 5.88 Å². The van der Waals surface area contributed by atoms with Gasteiger partial charge in [-0.05, 0) is 49.3 Å². The van der Waals surface area contributed by atoms with Crippen LogP contribution in [-0.4, -0.2) is 10.9 Å². The molecule has 0 amide bonds. The van der Waals surface area contributed by atoms with Gasteiger partial charge in [0, 0.05) is 16.3 Å². The molecule has 94 valence electrons. The van der Waals surface area contributed by atoms with E-state index >= 15 is 0 Å². The van der Waals surface area contributed by atoms with Gasteiger partial charge in [-0.1, -0.05) is 12.1 Å². The Morgan fingerprint density at radius 3 is 2.83 bits per heavy atom. The molecule has 0 fully saturated rings. The van der Waals surface area contributed by atoms with Gasteiger partial charge >= 0.3 is 0 Å². The summed E-state index contributed by atoms with van der Waals surface area (Å²) >= 11 is 7.56. The Balaban J connectivity index is 1.98. The molecule has 1 aromatic carbocycles. The lowest BCUT2D eigenvalue weighted by atomic mass is 9.90. The van der Waals surface area contributed by atoms with Crippen LogP contribution < -0.4 is 0 Å². The standard InChI is InChI=1S/C15H16ClNS/c16-8-7-14-15(17-10-18-14)13-6-5-11-3-1-2-4-12(11)9-13/h5-6,9-10H,1-4,7-8H2. The van der Waals surface area contributed by atoms with Crippen molar-refractivity contribution in [3.63, 3.8) is 0 Å². The molecular formula is C15H16ClNS. The SMILES string of the molecule is ClCCc1scnc1-c1ccc2c(c1)CCCC2. The van der Waals surface area contributed by atoms with Crippen molar-refractivity contribution in [3.8, 4) is 11.3 Å². The van der Waals surface area contributed by atoms with Gasteiger partial charge in [0.05, 0.1) is 11.2 Å². The van der Waals surface area contributed by atoms with E-state index in [1.54, 1.807) is 11.3 Å². The lowest BCUT2D eigenvalue weighted by Gasteiger charge is -2.16. The molecule has 0 aliphatic heterocycles. The van der Waals surface area contributed by atoms with Crippen LogP contribution in [0.3, 0.4) is 0 Å². The van der Waals surface area contributed by atoms with E-state index in [9.17, 15) is 0 Å². The van der Waals surface area contributed by atoms with Gasteiger partial charge in [-0.15, -0.1) is 22.9 Å². The number of thiazole rings is 1. The summed E-state index contributed by atoms with van der Waals surface area (Å²) in [5.74, 6) is 0.667. The third-order valence-corrected chi connectivity index (χ3v) is 4.67. The third kappa shape index (κ3) is 2.32. The second-order valence-electron chi connectivity index (χ2n) is 4.75. The molecule has 0 spiro atoms. The van der Waals surface area contributed by atoms with Crippen molar-refractivity contribution in [2.45, 2.75) is 32.1 Å². The van der Waals surface area contributed by atoms with Crippen LogP contribution in [0.2, 0.25) is 0 Å². The van der Waals surface area contributed by atoms with Gasteiger partial charge in [0.2, 0.25) is 0 Å². The molecule has 0 saturated carbocycles. The molecule has 0 radical (unpaired) electrons. The summed E-state index contributed by atoms with van der Waals surface area (Å²) in [5, 5.41) is 0. The van der Waals surface area contributed by atoms with E-state index < -0.39 is 0 Å². The van der Waals surface area contributed by atoms with Crippen LogP contribution in [-0.2, 0) is 19.3 Å². The van der Waals surface area contributed by atoms with Gasteiger partial charge in [0.1, 0.15) is 0 Å². The molecule has 18 heavy (non-hydrogen) atoms. The monoisotopic (exact) mass is 277 g/mol. The number of alkyl halides is 1. The lowest BCUT2D eigenvalue weighted by Crippen LogP contribution is -2.02. The summed E-state index contributed by atoms with van der Waals surface area (Å²) < 4.78 is 0. The maximum Gasteiger partial charge on any atom is 0.0843 e. The van der Waals surface area contributed by atoms with Gasteiger partial charge in [-0.3, -0.25) is 0 Å². The zero-order valence-corrected chi connectivity index (χ0v) is 11.9. The van der Waals surface area contributed by atoms with Gasteiger partial charge in [-0.25, -0.2) is 4.98 Å². The highest BCUT2D eigenvalue weighted by Gasteiger charge is 2.13. The Hall–Kier alpha value is -0.860. The van der Waals surface area contributed by atoms with Crippen LogP contribution in [0.1, 0.15) is 28.8 Å². The van der Waals surface area contributed by atoms with E-state index in [4.69, 9.17) is 11.6 Å². The quantitative estimate of drug-likeness (QED) is 0.755. The number of nitrogens with zero attached hydrogens (tertiary/aromatic N) is 1.